The van der Waals surface area contributed by atoms with E-state index in [9.17, 15) is 9.59 Å². The van der Waals surface area contributed by atoms with E-state index in [0.29, 0.717) is 22.2 Å². The molecule has 0 bridgehead atoms. The summed E-state index contributed by atoms with van der Waals surface area (Å²) in [6, 6.07) is 8.65. The molecule has 6 heteroatoms. The van der Waals surface area contributed by atoms with Crippen LogP contribution < -0.4 is 5.56 Å². The van der Waals surface area contributed by atoms with Crippen LogP contribution in [0, 0.1) is 6.92 Å². The van der Waals surface area contributed by atoms with E-state index in [2.05, 4.69) is 11.9 Å². The Morgan fingerprint density at radius 1 is 1.20 bits per heavy atom. The molecular formula is C19H20ClN3O2. The van der Waals surface area contributed by atoms with Crippen LogP contribution in [0.15, 0.2) is 35.1 Å². The van der Waals surface area contributed by atoms with Crippen molar-refractivity contribution in [3.63, 3.8) is 0 Å². The molecule has 0 atom stereocenters. The zero-order valence-corrected chi connectivity index (χ0v) is 15.1. The lowest BCUT2D eigenvalue weighted by Gasteiger charge is -2.07. The maximum atomic E-state index is 12.6. The van der Waals surface area contributed by atoms with Crippen molar-refractivity contribution in [2.24, 2.45) is 0 Å². The van der Waals surface area contributed by atoms with Crippen LogP contribution in [0.1, 0.15) is 42.4 Å². The van der Waals surface area contributed by atoms with Gasteiger partial charge in [0.05, 0.1) is 5.69 Å². The molecule has 0 saturated carbocycles. The molecule has 0 aliphatic rings. The summed E-state index contributed by atoms with van der Waals surface area (Å²) < 4.78 is 3.36. The normalized spacial score (nSPS) is 11.2. The average Bonchev–Trinajstić information content (AvgIpc) is 2.88. The molecule has 0 N–H and O–H groups in total. The number of benzene rings is 1. The molecule has 2 aromatic heterocycles. The Bertz CT molecular complexity index is 971. The van der Waals surface area contributed by atoms with E-state index < -0.39 is 0 Å². The van der Waals surface area contributed by atoms with Gasteiger partial charge in [0.15, 0.2) is 6.29 Å². The molecule has 3 rings (SSSR count). The number of rotatable bonds is 6. The predicted molar refractivity (Wildman–Crippen MR) is 99.5 cm³/mol. The molecule has 0 spiro atoms. The molecule has 25 heavy (non-hydrogen) atoms. The van der Waals surface area contributed by atoms with E-state index in [1.54, 1.807) is 12.1 Å². The van der Waals surface area contributed by atoms with Gasteiger partial charge in [0.25, 0.3) is 5.56 Å². The second-order valence-corrected chi connectivity index (χ2v) is 6.51. The highest BCUT2D eigenvalue weighted by Gasteiger charge is 2.17. The molecule has 0 amide bonds. The molecule has 0 radical (unpaired) electrons. The monoisotopic (exact) mass is 357 g/mol. The van der Waals surface area contributed by atoms with E-state index in [1.807, 2.05) is 23.6 Å². The van der Waals surface area contributed by atoms with Gasteiger partial charge in [-0.25, -0.2) is 9.38 Å². The van der Waals surface area contributed by atoms with Gasteiger partial charge in [-0.3, -0.25) is 9.59 Å². The molecule has 3 aromatic rings. The fourth-order valence-electron chi connectivity index (χ4n) is 3.02. The molecule has 5 nitrogen and oxygen atoms in total. The van der Waals surface area contributed by atoms with Crippen LogP contribution in [0.2, 0.25) is 5.02 Å². The van der Waals surface area contributed by atoms with Gasteiger partial charge in [-0.1, -0.05) is 43.5 Å². The average molecular weight is 358 g/mol. The van der Waals surface area contributed by atoms with Gasteiger partial charge >= 0.3 is 0 Å². The number of aryl methyl sites for hydroxylation is 1. The summed E-state index contributed by atoms with van der Waals surface area (Å²) in [7, 11) is 0. The van der Waals surface area contributed by atoms with E-state index >= 15 is 0 Å². The van der Waals surface area contributed by atoms with Crippen LogP contribution in [0.3, 0.4) is 0 Å². The van der Waals surface area contributed by atoms with E-state index in [1.165, 1.54) is 10.5 Å². The number of hydrogen-bond donors (Lipinski definition) is 0. The highest BCUT2D eigenvalue weighted by molar-refractivity contribution is 6.30. The smallest absolute Gasteiger partial charge is 0.260 e. The van der Waals surface area contributed by atoms with Crippen LogP contribution in [0.25, 0.3) is 17.0 Å². The number of carbonyl (C=O) groups excluding carboxylic acids is 1. The Kier molecular flexibility index (Phi) is 5.04. The van der Waals surface area contributed by atoms with Gasteiger partial charge < -0.3 is 4.57 Å². The summed E-state index contributed by atoms with van der Waals surface area (Å²) >= 11 is 5.94. The lowest BCUT2D eigenvalue weighted by atomic mass is 10.1. The third kappa shape index (κ3) is 3.24. The first-order valence-electron chi connectivity index (χ1n) is 8.40. The number of hydrogen-bond acceptors (Lipinski definition) is 3. The van der Waals surface area contributed by atoms with Crippen molar-refractivity contribution >= 4 is 23.7 Å². The first-order chi connectivity index (χ1) is 12.1. The SMILES string of the molecule is CCCCCn1c(C)c(C=O)n2c(=O)cc(-c3ccc(Cl)cc3)nc12. The number of nitrogens with zero attached hydrogens (tertiary/aromatic N) is 3. The Morgan fingerprint density at radius 3 is 2.56 bits per heavy atom. The first-order valence-corrected chi connectivity index (χ1v) is 8.78. The summed E-state index contributed by atoms with van der Waals surface area (Å²) in [5.41, 5.74) is 2.27. The van der Waals surface area contributed by atoms with Crippen molar-refractivity contribution in [2.45, 2.75) is 39.7 Å². The van der Waals surface area contributed by atoms with E-state index in [0.717, 1.165) is 43.4 Å². The summed E-state index contributed by atoms with van der Waals surface area (Å²) in [6.45, 7) is 4.72. The number of aromatic nitrogens is 3. The standard InChI is InChI=1S/C19H20ClN3O2/c1-3-4-5-10-22-13(2)17(12-24)23-18(25)11-16(21-19(22)23)14-6-8-15(20)9-7-14/h6-9,11-12H,3-5,10H2,1-2H3. The van der Waals surface area contributed by atoms with Gasteiger partial charge in [-0.05, 0) is 25.5 Å². The van der Waals surface area contributed by atoms with E-state index in [-0.39, 0.29) is 5.56 Å². The summed E-state index contributed by atoms with van der Waals surface area (Å²) in [5, 5.41) is 0.628. The Labute approximate surface area is 150 Å². The number of halogens is 1. The van der Waals surface area contributed by atoms with Crippen molar-refractivity contribution in [1.82, 2.24) is 14.0 Å². The van der Waals surface area contributed by atoms with Gasteiger partial charge in [0.2, 0.25) is 5.78 Å². The molecule has 0 fully saturated rings. The van der Waals surface area contributed by atoms with Gasteiger partial charge in [0, 0.05) is 28.9 Å². The summed E-state index contributed by atoms with van der Waals surface area (Å²) in [4.78, 5) is 28.8. The van der Waals surface area contributed by atoms with E-state index in [4.69, 9.17) is 11.6 Å². The fraction of sp³-hybridized carbons (Fsp3) is 0.316. The lowest BCUT2D eigenvalue weighted by Crippen LogP contribution is -2.16. The number of fused-ring (bicyclic) bond motifs is 1. The Balaban J connectivity index is 2.20. The largest absolute Gasteiger partial charge is 0.313 e. The highest BCUT2D eigenvalue weighted by Crippen LogP contribution is 2.21. The molecule has 0 unspecified atom stereocenters. The fourth-order valence-corrected chi connectivity index (χ4v) is 3.15. The van der Waals surface area contributed by atoms with Gasteiger partial charge in [-0.2, -0.15) is 0 Å². The highest BCUT2D eigenvalue weighted by atomic mass is 35.5. The van der Waals surface area contributed by atoms with Crippen LogP contribution in [0.5, 0.6) is 0 Å². The molecule has 130 valence electrons. The molecule has 1 aromatic carbocycles. The van der Waals surface area contributed by atoms with Gasteiger partial charge in [0.1, 0.15) is 5.69 Å². The number of carbonyl (C=O) groups is 1. The molecule has 0 saturated heterocycles. The van der Waals surface area contributed by atoms with Crippen molar-refractivity contribution < 1.29 is 4.79 Å². The minimum absolute atomic E-state index is 0.255. The quantitative estimate of drug-likeness (QED) is 0.492. The van der Waals surface area contributed by atoms with Crippen molar-refractivity contribution in [3.8, 4) is 11.3 Å². The maximum Gasteiger partial charge on any atom is 0.260 e. The third-order valence-electron chi connectivity index (χ3n) is 4.40. The second-order valence-electron chi connectivity index (χ2n) is 6.07. The third-order valence-corrected chi connectivity index (χ3v) is 4.65. The topological polar surface area (TPSA) is 56.4 Å². The van der Waals surface area contributed by atoms with Crippen molar-refractivity contribution in [3.05, 3.63) is 57.1 Å². The number of aldehydes is 1. The predicted octanol–water partition coefficient (Wildman–Crippen LogP) is 4.13. The van der Waals surface area contributed by atoms with Gasteiger partial charge in [-0.15, -0.1) is 0 Å². The van der Waals surface area contributed by atoms with Crippen molar-refractivity contribution in [1.29, 1.82) is 0 Å². The van der Waals surface area contributed by atoms with Crippen LogP contribution >= 0.6 is 11.6 Å². The molecule has 0 aliphatic heterocycles. The number of unbranched alkanes of at least 4 members (excludes halogenated alkanes) is 2. The second kappa shape index (κ2) is 7.23. The zero-order valence-electron chi connectivity index (χ0n) is 14.3. The Morgan fingerprint density at radius 2 is 1.92 bits per heavy atom. The lowest BCUT2D eigenvalue weighted by molar-refractivity contribution is 0.111. The zero-order chi connectivity index (χ0) is 18.0. The van der Waals surface area contributed by atoms with Crippen LogP contribution in [-0.4, -0.2) is 20.2 Å². The minimum atomic E-state index is -0.255. The maximum absolute atomic E-state index is 12.6. The summed E-state index contributed by atoms with van der Waals surface area (Å²) in [5.74, 6) is 0.508. The van der Waals surface area contributed by atoms with Crippen LogP contribution in [0.4, 0.5) is 0 Å². The Hall–Kier alpha value is -2.40. The molecule has 2 heterocycles. The molecular weight excluding hydrogens is 338 g/mol. The number of imidazole rings is 1. The molecule has 0 aliphatic carbocycles. The minimum Gasteiger partial charge on any atom is -0.313 e. The van der Waals surface area contributed by atoms with Crippen molar-refractivity contribution in [2.75, 3.05) is 0 Å². The first kappa shape index (κ1) is 17.4. The van der Waals surface area contributed by atoms with Crippen LogP contribution in [-0.2, 0) is 6.54 Å². The summed E-state index contributed by atoms with van der Waals surface area (Å²) in [6.07, 6.45) is 3.88.